The maximum absolute atomic E-state index is 6.08. The summed E-state index contributed by atoms with van der Waals surface area (Å²) in [6.07, 6.45) is 8.82. The van der Waals surface area contributed by atoms with Gasteiger partial charge in [-0.3, -0.25) is 4.90 Å². The predicted molar refractivity (Wildman–Crippen MR) is 87.1 cm³/mol. The van der Waals surface area contributed by atoms with E-state index in [1.807, 2.05) is 0 Å². The van der Waals surface area contributed by atoms with Gasteiger partial charge in [0.25, 0.3) is 0 Å². The number of rotatable bonds is 2. The van der Waals surface area contributed by atoms with Crippen LogP contribution in [0, 0.1) is 17.3 Å². The monoisotopic (exact) mass is 293 g/mol. The van der Waals surface area contributed by atoms with E-state index in [0.717, 1.165) is 25.0 Å². The van der Waals surface area contributed by atoms with Crippen molar-refractivity contribution >= 4 is 0 Å². The van der Waals surface area contributed by atoms with E-state index >= 15 is 0 Å². The van der Waals surface area contributed by atoms with Gasteiger partial charge in [-0.15, -0.1) is 0 Å². The van der Waals surface area contributed by atoms with Crippen LogP contribution >= 0.6 is 0 Å². The summed E-state index contributed by atoms with van der Waals surface area (Å²) in [5.74, 6) is 2.86. The first-order valence-corrected chi connectivity index (χ1v) is 8.66. The Morgan fingerprint density at radius 3 is 2.64 bits per heavy atom. The molecule has 2 aliphatic carbocycles. The minimum atomic E-state index is 0.326. The third kappa shape index (κ3) is 2.04. The average Bonchev–Trinajstić information content (AvgIpc) is 3.25. The third-order valence-electron chi connectivity index (χ3n) is 6.04. The summed E-state index contributed by atoms with van der Waals surface area (Å²) < 4.78 is 6.08. The van der Waals surface area contributed by atoms with Gasteiger partial charge in [0.1, 0.15) is 5.76 Å². The van der Waals surface area contributed by atoms with Crippen molar-refractivity contribution in [3.63, 3.8) is 0 Å². The van der Waals surface area contributed by atoms with Crippen LogP contribution in [0.3, 0.4) is 0 Å². The molecule has 4 aliphatic rings. The SMILES string of the molecule is C1=C2OCC3(CCN(Cc4ccccc4)CC3)C2=CC2CC12. The lowest BCUT2D eigenvalue weighted by Gasteiger charge is -2.39. The van der Waals surface area contributed by atoms with E-state index in [0.29, 0.717) is 5.41 Å². The fourth-order valence-corrected chi connectivity index (χ4v) is 4.45. The molecular weight excluding hydrogens is 270 g/mol. The second-order valence-electron chi connectivity index (χ2n) is 7.51. The zero-order valence-electron chi connectivity index (χ0n) is 13.0. The van der Waals surface area contributed by atoms with Gasteiger partial charge in [0, 0.05) is 12.0 Å². The van der Waals surface area contributed by atoms with E-state index in [-0.39, 0.29) is 0 Å². The van der Waals surface area contributed by atoms with Crippen molar-refractivity contribution in [2.75, 3.05) is 19.7 Å². The van der Waals surface area contributed by atoms with E-state index in [1.165, 1.54) is 43.7 Å². The van der Waals surface area contributed by atoms with Crippen LogP contribution in [0.5, 0.6) is 0 Å². The van der Waals surface area contributed by atoms with E-state index in [9.17, 15) is 0 Å². The largest absolute Gasteiger partial charge is 0.493 e. The first kappa shape index (κ1) is 13.0. The topological polar surface area (TPSA) is 12.5 Å². The minimum absolute atomic E-state index is 0.326. The van der Waals surface area contributed by atoms with Gasteiger partial charge in [0.05, 0.1) is 6.61 Å². The normalized spacial score (nSPS) is 31.8. The van der Waals surface area contributed by atoms with Gasteiger partial charge >= 0.3 is 0 Å². The maximum Gasteiger partial charge on any atom is 0.119 e. The number of fused-ring (bicyclic) bond motifs is 3. The molecule has 5 rings (SSSR count). The van der Waals surface area contributed by atoms with E-state index in [1.54, 1.807) is 5.57 Å². The number of likely N-dealkylation sites (tertiary alicyclic amines) is 1. The summed E-state index contributed by atoms with van der Waals surface area (Å²) in [5.41, 5.74) is 3.32. The summed E-state index contributed by atoms with van der Waals surface area (Å²) >= 11 is 0. The van der Waals surface area contributed by atoms with Crippen LogP contribution in [-0.4, -0.2) is 24.6 Å². The van der Waals surface area contributed by atoms with Gasteiger partial charge in [0.15, 0.2) is 0 Å². The van der Waals surface area contributed by atoms with Crippen LogP contribution in [0.4, 0.5) is 0 Å². The number of hydrogen-bond acceptors (Lipinski definition) is 2. The molecule has 1 aromatic rings. The van der Waals surface area contributed by atoms with Gasteiger partial charge in [-0.05, 0) is 61.4 Å². The molecular formula is C20H23NO. The molecule has 2 unspecified atom stereocenters. The Bertz CT molecular complexity index is 637. The van der Waals surface area contributed by atoms with E-state index in [4.69, 9.17) is 4.74 Å². The highest BCUT2D eigenvalue weighted by Gasteiger charge is 2.49. The molecule has 22 heavy (non-hydrogen) atoms. The van der Waals surface area contributed by atoms with Crippen LogP contribution in [0.25, 0.3) is 0 Å². The van der Waals surface area contributed by atoms with Crippen molar-refractivity contribution in [1.29, 1.82) is 0 Å². The molecule has 114 valence electrons. The number of piperidine rings is 1. The fraction of sp³-hybridized carbons (Fsp3) is 0.500. The smallest absolute Gasteiger partial charge is 0.119 e. The lowest BCUT2D eigenvalue weighted by molar-refractivity contribution is 0.0950. The van der Waals surface area contributed by atoms with Crippen LogP contribution in [-0.2, 0) is 11.3 Å². The van der Waals surface area contributed by atoms with Crippen LogP contribution in [0.15, 0.2) is 53.8 Å². The summed E-state index contributed by atoms with van der Waals surface area (Å²) in [6.45, 7) is 4.39. The van der Waals surface area contributed by atoms with Crippen LogP contribution < -0.4 is 0 Å². The Morgan fingerprint density at radius 1 is 1.05 bits per heavy atom. The van der Waals surface area contributed by atoms with E-state index < -0.39 is 0 Å². The van der Waals surface area contributed by atoms with Gasteiger partial charge in [-0.1, -0.05) is 36.4 Å². The molecule has 2 atom stereocenters. The van der Waals surface area contributed by atoms with Crippen molar-refractivity contribution in [3.05, 3.63) is 59.4 Å². The van der Waals surface area contributed by atoms with Gasteiger partial charge in [-0.25, -0.2) is 0 Å². The second kappa shape index (κ2) is 4.73. The molecule has 0 radical (unpaired) electrons. The predicted octanol–water partition coefficient (Wildman–Crippen LogP) is 3.76. The summed E-state index contributed by atoms with van der Waals surface area (Å²) in [7, 11) is 0. The highest BCUT2D eigenvalue weighted by Crippen LogP contribution is 2.56. The first-order valence-electron chi connectivity index (χ1n) is 8.66. The molecule has 0 N–H and O–H groups in total. The number of nitrogens with zero attached hydrogens (tertiary/aromatic N) is 1. The lowest BCUT2D eigenvalue weighted by Crippen LogP contribution is -2.41. The van der Waals surface area contributed by atoms with Crippen molar-refractivity contribution < 1.29 is 4.74 Å². The molecule has 1 aromatic carbocycles. The lowest BCUT2D eigenvalue weighted by atomic mass is 9.72. The molecule has 2 heteroatoms. The van der Waals surface area contributed by atoms with Gasteiger partial charge in [0.2, 0.25) is 0 Å². The average molecular weight is 293 g/mol. The molecule has 0 aromatic heterocycles. The van der Waals surface area contributed by atoms with E-state index in [2.05, 4.69) is 47.4 Å². The van der Waals surface area contributed by atoms with Crippen molar-refractivity contribution in [3.8, 4) is 0 Å². The molecule has 0 bridgehead atoms. The highest BCUT2D eigenvalue weighted by atomic mass is 16.5. The second-order valence-corrected chi connectivity index (χ2v) is 7.51. The summed E-state index contributed by atoms with van der Waals surface area (Å²) in [5, 5.41) is 0. The molecule has 2 nitrogen and oxygen atoms in total. The maximum atomic E-state index is 6.08. The quantitative estimate of drug-likeness (QED) is 0.823. The summed E-state index contributed by atoms with van der Waals surface area (Å²) in [4.78, 5) is 2.60. The van der Waals surface area contributed by atoms with Gasteiger partial charge < -0.3 is 4.74 Å². The Morgan fingerprint density at radius 2 is 1.82 bits per heavy atom. The number of allylic oxidation sites excluding steroid dienone is 3. The zero-order chi connectivity index (χ0) is 14.6. The fourth-order valence-electron chi connectivity index (χ4n) is 4.45. The molecule has 1 saturated carbocycles. The Kier molecular flexibility index (Phi) is 2.78. The van der Waals surface area contributed by atoms with Crippen molar-refractivity contribution in [2.45, 2.75) is 25.8 Å². The zero-order valence-corrected chi connectivity index (χ0v) is 13.0. The molecule has 1 spiro atoms. The van der Waals surface area contributed by atoms with Crippen molar-refractivity contribution in [2.24, 2.45) is 17.3 Å². The highest BCUT2D eigenvalue weighted by molar-refractivity contribution is 5.43. The summed E-state index contributed by atoms with van der Waals surface area (Å²) in [6, 6.07) is 10.9. The number of hydrogen-bond donors (Lipinski definition) is 0. The van der Waals surface area contributed by atoms with Crippen LogP contribution in [0.1, 0.15) is 24.8 Å². The Labute approximate surface area is 132 Å². The molecule has 2 saturated heterocycles. The standard InChI is InChI=1S/C20H23NO/c1-2-4-15(5-3-1)13-21-8-6-20(7-9-21)14-22-19-12-17-10-16(17)11-18(19)20/h1-5,11-12,16-17H,6-10,13-14H2. The molecule has 0 amide bonds. The molecule has 2 aliphatic heterocycles. The van der Waals surface area contributed by atoms with Crippen LogP contribution in [0.2, 0.25) is 0 Å². The minimum Gasteiger partial charge on any atom is -0.493 e. The van der Waals surface area contributed by atoms with Crippen molar-refractivity contribution in [1.82, 2.24) is 4.90 Å². The first-order chi connectivity index (χ1) is 10.8. The number of benzene rings is 1. The third-order valence-corrected chi connectivity index (χ3v) is 6.04. The molecule has 3 fully saturated rings. The molecule has 2 heterocycles. The van der Waals surface area contributed by atoms with Gasteiger partial charge in [-0.2, -0.15) is 0 Å². The Hall–Kier alpha value is -1.54. The Balaban J connectivity index is 1.29. The number of ether oxygens (including phenoxy) is 1.